The van der Waals surface area contributed by atoms with E-state index in [4.69, 9.17) is 5.73 Å². The van der Waals surface area contributed by atoms with Gasteiger partial charge in [0.1, 0.15) is 6.33 Å². The molecule has 2 aromatic carbocycles. The number of rotatable bonds is 6. The monoisotopic (exact) mass is 467 g/mol. The molecule has 0 aliphatic carbocycles. The molecule has 0 saturated carbocycles. The van der Waals surface area contributed by atoms with E-state index < -0.39 is 15.9 Å². The second kappa shape index (κ2) is 7.71. The summed E-state index contributed by atoms with van der Waals surface area (Å²) in [7, 11) is -2.07. The van der Waals surface area contributed by atoms with Gasteiger partial charge in [-0.2, -0.15) is 0 Å². The normalized spacial score (nSPS) is 11.3. The van der Waals surface area contributed by atoms with Crippen LogP contribution in [0.4, 0.5) is 5.69 Å². The summed E-state index contributed by atoms with van der Waals surface area (Å²) in [5.74, 6) is -0.624. The van der Waals surface area contributed by atoms with Gasteiger partial charge in [0.2, 0.25) is 5.91 Å². The molecule has 8 nitrogen and oxygen atoms in total. The number of aryl methyl sites for hydroxylation is 1. The molecule has 0 aliphatic rings. The number of amides is 1. The molecule has 0 fully saturated rings. The average molecular weight is 468 g/mol. The summed E-state index contributed by atoms with van der Waals surface area (Å²) in [5.41, 5.74) is 5.80. The van der Waals surface area contributed by atoms with Crippen LogP contribution < -0.4 is 10.5 Å². The molecule has 1 amide bonds. The third-order valence-electron chi connectivity index (χ3n) is 3.51. The van der Waals surface area contributed by atoms with Crippen molar-refractivity contribution in [2.75, 3.05) is 4.72 Å². The number of sulfonamides is 1. The van der Waals surface area contributed by atoms with Crippen molar-refractivity contribution in [2.45, 2.75) is 14.9 Å². The van der Waals surface area contributed by atoms with Gasteiger partial charge in [-0.1, -0.05) is 15.9 Å². The minimum Gasteiger partial charge on any atom is -0.366 e. The van der Waals surface area contributed by atoms with E-state index in [-0.39, 0.29) is 10.5 Å². The van der Waals surface area contributed by atoms with E-state index in [9.17, 15) is 13.2 Å². The van der Waals surface area contributed by atoms with Gasteiger partial charge < -0.3 is 10.3 Å². The Morgan fingerprint density at radius 3 is 2.52 bits per heavy atom. The van der Waals surface area contributed by atoms with Gasteiger partial charge in [-0.25, -0.2) is 8.42 Å². The summed E-state index contributed by atoms with van der Waals surface area (Å²) < 4.78 is 30.5. The molecule has 0 bridgehead atoms. The van der Waals surface area contributed by atoms with Gasteiger partial charge in [0.15, 0.2) is 5.16 Å². The number of primary amides is 1. The predicted octanol–water partition coefficient (Wildman–Crippen LogP) is 2.63. The first-order chi connectivity index (χ1) is 12.8. The van der Waals surface area contributed by atoms with Gasteiger partial charge in [-0.05, 0) is 54.2 Å². The first kappa shape index (κ1) is 19.4. The Labute approximate surface area is 168 Å². The fourth-order valence-electron chi connectivity index (χ4n) is 2.14. The van der Waals surface area contributed by atoms with Crippen LogP contribution in [0.15, 0.2) is 68.2 Å². The van der Waals surface area contributed by atoms with Crippen LogP contribution >= 0.6 is 27.7 Å². The molecule has 1 aromatic heterocycles. The van der Waals surface area contributed by atoms with Gasteiger partial charge in [-0.15, -0.1) is 10.2 Å². The molecule has 3 N–H and O–H groups in total. The second-order valence-electron chi connectivity index (χ2n) is 5.46. The molecule has 0 saturated heterocycles. The number of carbonyl (C=O) groups excluding carboxylic acids is 1. The Bertz CT molecular complexity index is 1100. The second-order valence-corrected chi connectivity index (χ2v) is 9.07. The number of aromatic nitrogens is 3. The first-order valence-electron chi connectivity index (χ1n) is 7.50. The van der Waals surface area contributed by atoms with E-state index in [2.05, 4.69) is 30.8 Å². The third kappa shape index (κ3) is 4.49. The molecule has 0 atom stereocenters. The number of nitrogens with one attached hydrogen (secondary N) is 1. The van der Waals surface area contributed by atoms with Crippen molar-refractivity contribution < 1.29 is 13.2 Å². The Morgan fingerprint density at radius 1 is 1.22 bits per heavy atom. The zero-order valence-corrected chi connectivity index (χ0v) is 17.2. The molecule has 140 valence electrons. The number of nitrogens with two attached hydrogens (primary N) is 1. The molecule has 0 spiro atoms. The lowest BCUT2D eigenvalue weighted by atomic mass is 10.2. The van der Waals surface area contributed by atoms with Crippen LogP contribution in [0, 0.1) is 0 Å². The fraction of sp³-hybridized carbons (Fsp3) is 0.0625. The molecular formula is C16H14BrN5O3S2. The van der Waals surface area contributed by atoms with E-state index in [1.165, 1.54) is 36.0 Å². The van der Waals surface area contributed by atoms with Crippen molar-refractivity contribution in [1.29, 1.82) is 0 Å². The molecule has 1 heterocycles. The number of benzene rings is 2. The number of halogens is 1. The molecule has 27 heavy (non-hydrogen) atoms. The lowest BCUT2D eigenvalue weighted by molar-refractivity contribution is 0.1000. The SMILES string of the molecule is Cn1cnnc1Sc1ccc(Br)cc1NS(=O)(=O)c1ccc(C(N)=O)cc1. The number of nitrogens with zero attached hydrogens (tertiary/aromatic N) is 3. The maximum absolute atomic E-state index is 12.7. The maximum atomic E-state index is 12.7. The Hall–Kier alpha value is -2.37. The zero-order chi connectivity index (χ0) is 19.6. The summed E-state index contributed by atoms with van der Waals surface area (Å²) in [5, 5.41) is 8.43. The molecule has 3 aromatic rings. The first-order valence-corrected chi connectivity index (χ1v) is 10.6. The number of anilines is 1. The standard InChI is InChI=1S/C16H14BrN5O3S2/c1-22-9-19-20-16(22)26-14-7-4-11(17)8-13(14)21-27(24,25)12-5-2-10(3-6-12)15(18)23/h2-9,21H,1H3,(H2,18,23). The van der Waals surface area contributed by atoms with Crippen LogP contribution in [0.1, 0.15) is 10.4 Å². The molecule has 0 aliphatic heterocycles. The van der Waals surface area contributed by atoms with Gasteiger partial charge in [0.05, 0.1) is 10.6 Å². The highest BCUT2D eigenvalue weighted by molar-refractivity contribution is 9.10. The van der Waals surface area contributed by atoms with Gasteiger partial charge in [0, 0.05) is 22.0 Å². The quantitative estimate of drug-likeness (QED) is 0.574. The van der Waals surface area contributed by atoms with E-state index >= 15 is 0 Å². The van der Waals surface area contributed by atoms with E-state index in [0.717, 1.165) is 0 Å². The summed E-state index contributed by atoms with van der Waals surface area (Å²) >= 11 is 4.63. The minimum absolute atomic E-state index is 0.0158. The van der Waals surface area contributed by atoms with Crippen LogP contribution in [0.2, 0.25) is 0 Å². The van der Waals surface area contributed by atoms with Crippen molar-refractivity contribution >= 4 is 49.3 Å². The third-order valence-corrected chi connectivity index (χ3v) is 6.51. The number of carbonyl (C=O) groups is 1. The maximum Gasteiger partial charge on any atom is 0.261 e. The smallest absolute Gasteiger partial charge is 0.261 e. The van der Waals surface area contributed by atoms with E-state index in [1.807, 2.05) is 0 Å². The van der Waals surface area contributed by atoms with E-state index in [1.54, 1.807) is 36.1 Å². The largest absolute Gasteiger partial charge is 0.366 e. The molecule has 0 radical (unpaired) electrons. The number of hydrogen-bond acceptors (Lipinski definition) is 6. The highest BCUT2D eigenvalue weighted by Crippen LogP contribution is 2.35. The molecule has 3 rings (SSSR count). The van der Waals surface area contributed by atoms with Crippen molar-refractivity contribution in [1.82, 2.24) is 14.8 Å². The lowest BCUT2D eigenvalue weighted by Crippen LogP contribution is -2.15. The van der Waals surface area contributed by atoms with Crippen LogP contribution in [-0.2, 0) is 17.1 Å². The van der Waals surface area contributed by atoms with Crippen LogP contribution in [-0.4, -0.2) is 29.1 Å². The predicted molar refractivity (Wildman–Crippen MR) is 105 cm³/mol. The Kier molecular flexibility index (Phi) is 5.53. The van der Waals surface area contributed by atoms with Crippen LogP contribution in [0.3, 0.4) is 0 Å². The minimum atomic E-state index is -3.86. The van der Waals surface area contributed by atoms with Crippen molar-refractivity contribution in [3.05, 3.63) is 58.8 Å². The highest BCUT2D eigenvalue weighted by Gasteiger charge is 2.18. The van der Waals surface area contributed by atoms with Crippen LogP contribution in [0.25, 0.3) is 0 Å². The van der Waals surface area contributed by atoms with Crippen molar-refractivity contribution in [2.24, 2.45) is 12.8 Å². The number of hydrogen-bond donors (Lipinski definition) is 2. The Balaban J connectivity index is 1.92. The molecular weight excluding hydrogens is 454 g/mol. The molecule has 11 heteroatoms. The van der Waals surface area contributed by atoms with Gasteiger partial charge >= 0.3 is 0 Å². The topological polar surface area (TPSA) is 120 Å². The fourth-order valence-corrected chi connectivity index (χ4v) is 4.46. The summed E-state index contributed by atoms with van der Waals surface area (Å²) in [6, 6.07) is 10.6. The van der Waals surface area contributed by atoms with Crippen LogP contribution in [0.5, 0.6) is 0 Å². The summed E-state index contributed by atoms with van der Waals surface area (Å²) in [6.45, 7) is 0. The lowest BCUT2D eigenvalue weighted by Gasteiger charge is -2.13. The van der Waals surface area contributed by atoms with Crippen molar-refractivity contribution in [3.63, 3.8) is 0 Å². The van der Waals surface area contributed by atoms with Gasteiger partial charge in [0.25, 0.3) is 10.0 Å². The Morgan fingerprint density at radius 2 is 1.93 bits per heavy atom. The van der Waals surface area contributed by atoms with Crippen molar-refractivity contribution in [3.8, 4) is 0 Å². The average Bonchev–Trinajstić information content (AvgIpc) is 3.02. The summed E-state index contributed by atoms with van der Waals surface area (Å²) in [4.78, 5) is 11.8. The summed E-state index contributed by atoms with van der Waals surface area (Å²) in [6.07, 6.45) is 1.56. The zero-order valence-electron chi connectivity index (χ0n) is 14.0. The van der Waals surface area contributed by atoms with E-state index in [0.29, 0.717) is 20.2 Å². The van der Waals surface area contributed by atoms with Gasteiger partial charge in [-0.3, -0.25) is 9.52 Å². The molecule has 0 unspecified atom stereocenters. The highest BCUT2D eigenvalue weighted by atomic mass is 79.9.